The van der Waals surface area contributed by atoms with Crippen LogP contribution in [0.3, 0.4) is 0 Å². The maximum Gasteiger partial charge on any atom is 0.213 e. The summed E-state index contributed by atoms with van der Waals surface area (Å²) in [6.07, 6.45) is 1.26. The third-order valence-corrected chi connectivity index (χ3v) is 4.91. The Morgan fingerprint density at radius 2 is 2.29 bits per heavy atom. The third-order valence-electron chi connectivity index (χ3n) is 4.91. The number of halogens is 1. The summed E-state index contributed by atoms with van der Waals surface area (Å²) >= 11 is 0. The monoisotopic (exact) mass is 334 g/mol. The Morgan fingerprint density at radius 1 is 1.50 bits per heavy atom. The minimum atomic E-state index is -0.459. The van der Waals surface area contributed by atoms with Crippen molar-refractivity contribution >= 4 is 11.0 Å². The molecule has 3 heterocycles. The SMILES string of the molecule is COc1ccc2ncc(F)c(CCN3CC(O)C(C)(CN)C3)c2n1. The van der Waals surface area contributed by atoms with Crippen LogP contribution in [0, 0.1) is 11.2 Å². The largest absolute Gasteiger partial charge is 0.481 e. The number of nitrogens with zero attached hydrogens (tertiary/aromatic N) is 3. The van der Waals surface area contributed by atoms with Gasteiger partial charge in [-0.1, -0.05) is 6.92 Å². The number of aromatic nitrogens is 2. The van der Waals surface area contributed by atoms with Gasteiger partial charge in [-0.05, 0) is 12.5 Å². The fourth-order valence-corrected chi connectivity index (χ4v) is 3.22. The zero-order valence-electron chi connectivity index (χ0n) is 14.0. The smallest absolute Gasteiger partial charge is 0.213 e. The van der Waals surface area contributed by atoms with Gasteiger partial charge in [0.05, 0.1) is 30.4 Å². The Balaban J connectivity index is 1.81. The highest BCUT2D eigenvalue weighted by Crippen LogP contribution is 2.29. The number of rotatable bonds is 5. The molecule has 24 heavy (non-hydrogen) atoms. The summed E-state index contributed by atoms with van der Waals surface area (Å²) in [5, 5.41) is 10.2. The van der Waals surface area contributed by atoms with Gasteiger partial charge >= 0.3 is 0 Å². The minimum Gasteiger partial charge on any atom is -0.481 e. The van der Waals surface area contributed by atoms with Gasteiger partial charge < -0.3 is 15.6 Å². The second kappa shape index (κ2) is 6.58. The van der Waals surface area contributed by atoms with E-state index in [1.54, 1.807) is 12.1 Å². The molecule has 2 aromatic rings. The molecule has 2 atom stereocenters. The van der Waals surface area contributed by atoms with Crippen LogP contribution in [0.1, 0.15) is 12.5 Å². The van der Waals surface area contributed by atoms with Crippen LogP contribution in [-0.2, 0) is 6.42 Å². The summed E-state index contributed by atoms with van der Waals surface area (Å²) < 4.78 is 19.4. The first-order chi connectivity index (χ1) is 11.5. The lowest BCUT2D eigenvalue weighted by molar-refractivity contribution is 0.0885. The standard InChI is InChI=1S/C17H23FN4O2/c1-17(9-19)10-22(8-14(17)23)6-5-11-12(18)7-20-13-3-4-15(24-2)21-16(11)13/h3-4,7,14,23H,5-6,8-10,19H2,1-2H3. The molecule has 3 N–H and O–H groups in total. The molecule has 0 aromatic carbocycles. The molecule has 2 aromatic heterocycles. The fourth-order valence-electron chi connectivity index (χ4n) is 3.22. The number of aliphatic hydroxyl groups is 1. The van der Waals surface area contributed by atoms with Gasteiger partial charge in [0.1, 0.15) is 5.82 Å². The molecule has 0 spiro atoms. The Labute approximate surface area is 140 Å². The van der Waals surface area contributed by atoms with Gasteiger partial charge in [-0.3, -0.25) is 9.88 Å². The molecular formula is C17H23FN4O2. The van der Waals surface area contributed by atoms with E-state index in [1.165, 1.54) is 13.3 Å². The van der Waals surface area contributed by atoms with Crippen molar-refractivity contribution in [3.63, 3.8) is 0 Å². The average Bonchev–Trinajstić information content (AvgIpc) is 2.88. The van der Waals surface area contributed by atoms with Crippen LogP contribution in [0.4, 0.5) is 4.39 Å². The van der Waals surface area contributed by atoms with Crippen molar-refractivity contribution in [3.8, 4) is 5.88 Å². The van der Waals surface area contributed by atoms with Crippen LogP contribution < -0.4 is 10.5 Å². The van der Waals surface area contributed by atoms with Crippen molar-refractivity contribution < 1.29 is 14.2 Å². The summed E-state index contributed by atoms with van der Waals surface area (Å²) in [6.45, 7) is 4.28. The van der Waals surface area contributed by atoms with Gasteiger partial charge in [0.25, 0.3) is 0 Å². The number of aliphatic hydroxyl groups excluding tert-OH is 1. The topological polar surface area (TPSA) is 84.5 Å². The van der Waals surface area contributed by atoms with Crippen molar-refractivity contribution in [1.29, 1.82) is 0 Å². The first kappa shape index (κ1) is 17.0. The highest BCUT2D eigenvalue weighted by Gasteiger charge is 2.40. The first-order valence-electron chi connectivity index (χ1n) is 8.05. The predicted octanol–water partition coefficient (Wildman–Crippen LogP) is 0.962. The number of fused-ring (bicyclic) bond motifs is 1. The van der Waals surface area contributed by atoms with E-state index >= 15 is 0 Å². The zero-order chi connectivity index (χ0) is 17.3. The molecule has 3 rings (SSSR count). The quantitative estimate of drug-likeness (QED) is 0.847. The van der Waals surface area contributed by atoms with E-state index in [0.717, 1.165) is 0 Å². The Morgan fingerprint density at radius 3 is 2.96 bits per heavy atom. The molecule has 0 radical (unpaired) electrons. The molecule has 2 unspecified atom stereocenters. The Kier molecular flexibility index (Phi) is 4.67. The molecule has 1 saturated heterocycles. The van der Waals surface area contributed by atoms with Gasteiger partial charge in [0.2, 0.25) is 5.88 Å². The van der Waals surface area contributed by atoms with Crippen LogP contribution in [0.15, 0.2) is 18.3 Å². The normalized spacial score (nSPS) is 24.6. The molecule has 0 bridgehead atoms. The number of ether oxygens (including phenoxy) is 1. The van der Waals surface area contributed by atoms with Gasteiger partial charge in [-0.15, -0.1) is 0 Å². The molecule has 1 fully saturated rings. The average molecular weight is 334 g/mol. The zero-order valence-corrected chi connectivity index (χ0v) is 14.0. The first-order valence-corrected chi connectivity index (χ1v) is 8.05. The number of pyridine rings is 2. The highest BCUT2D eigenvalue weighted by molar-refractivity contribution is 5.78. The number of likely N-dealkylation sites (tertiary alicyclic amines) is 1. The van der Waals surface area contributed by atoms with E-state index in [-0.39, 0.29) is 11.2 Å². The summed E-state index contributed by atoms with van der Waals surface area (Å²) in [5.74, 6) is 0.0630. The number of β-amino-alcohol motifs (C(OH)–C–C–N with tert-alkyl or cyclic N) is 1. The van der Waals surface area contributed by atoms with Crippen LogP contribution in [0.25, 0.3) is 11.0 Å². The lowest BCUT2D eigenvalue weighted by Crippen LogP contribution is -2.38. The lowest BCUT2D eigenvalue weighted by atomic mass is 9.87. The highest BCUT2D eigenvalue weighted by atomic mass is 19.1. The maximum atomic E-state index is 14.3. The summed E-state index contributed by atoms with van der Waals surface area (Å²) in [5.41, 5.74) is 7.16. The Bertz CT molecular complexity index is 742. The van der Waals surface area contributed by atoms with Crippen LogP contribution in [-0.4, -0.2) is 59.4 Å². The van der Waals surface area contributed by atoms with E-state index in [1.807, 2.05) is 6.92 Å². The van der Waals surface area contributed by atoms with Crippen molar-refractivity contribution in [2.24, 2.45) is 11.1 Å². The number of hydrogen-bond donors (Lipinski definition) is 2. The molecular weight excluding hydrogens is 311 g/mol. The van der Waals surface area contributed by atoms with Gasteiger partial charge in [-0.25, -0.2) is 9.37 Å². The van der Waals surface area contributed by atoms with Crippen molar-refractivity contribution in [2.45, 2.75) is 19.4 Å². The third kappa shape index (κ3) is 3.07. The van der Waals surface area contributed by atoms with Crippen LogP contribution in [0.2, 0.25) is 0 Å². The number of methoxy groups -OCH3 is 1. The fraction of sp³-hybridized carbons (Fsp3) is 0.529. The molecule has 7 heteroatoms. The van der Waals surface area contributed by atoms with Crippen molar-refractivity contribution in [3.05, 3.63) is 29.7 Å². The van der Waals surface area contributed by atoms with Gasteiger partial charge in [0, 0.05) is 43.2 Å². The van der Waals surface area contributed by atoms with Gasteiger partial charge in [-0.2, -0.15) is 0 Å². The molecule has 0 amide bonds. The molecule has 0 aliphatic carbocycles. The van der Waals surface area contributed by atoms with E-state index in [9.17, 15) is 9.50 Å². The second-order valence-electron chi connectivity index (χ2n) is 6.67. The van der Waals surface area contributed by atoms with Crippen LogP contribution in [0.5, 0.6) is 5.88 Å². The second-order valence-corrected chi connectivity index (χ2v) is 6.67. The Hall–Kier alpha value is -1.83. The molecule has 1 aliphatic heterocycles. The van der Waals surface area contributed by atoms with Crippen molar-refractivity contribution in [1.82, 2.24) is 14.9 Å². The summed E-state index contributed by atoms with van der Waals surface area (Å²) in [4.78, 5) is 10.5. The molecule has 1 aliphatic rings. The van der Waals surface area contributed by atoms with Crippen molar-refractivity contribution in [2.75, 3.05) is 33.3 Å². The summed E-state index contributed by atoms with van der Waals surface area (Å²) in [7, 11) is 1.53. The number of hydrogen-bond acceptors (Lipinski definition) is 6. The number of nitrogens with two attached hydrogens (primary N) is 1. The lowest BCUT2D eigenvalue weighted by Gasteiger charge is -2.25. The van der Waals surface area contributed by atoms with E-state index in [2.05, 4.69) is 14.9 Å². The minimum absolute atomic E-state index is 0.305. The predicted molar refractivity (Wildman–Crippen MR) is 89.4 cm³/mol. The van der Waals surface area contributed by atoms with E-state index in [4.69, 9.17) is 10.5 Å². The van der Waals surface area contributed by atoms with E-state index < -0.39 is 6.10 Å². The van der Waals surface area contributed by atoms with Gasteiger partial charge in [0.15, 0.2) is 0 Å². The molecule has 0 saturated carbocycles. The molecule has 6 nitrogen and oxygen atoms in total. The molecule has 130 valence electrons. The maximum absolute atomic E-state index is 14.3. The summed E-state index contributed by atoms with van der Waals surface area (Å²) in [6, 6.07) is 3.48. The van der Waals surface area contributed by atoms with Crippen LogP contribution >= 0.6 is 0 Å². The van der Waals surface area contributed by atoms with E-state index in [0.29, 0.717) is 55.1 Å².